The van der Waals surface area contributed by atoms with Crippen LogP contribution >= 0.6 is 0 Å². The molecule has 0 unspecified atom stereocenters. The molecular formula is C20H25N3O2. The molecule has 1 aromatic heterocycles. The fourth-order valence-electron chi connectivity index (χ4n) is 4.86. The largest absolute Gasteiger partial charge is 0.396 e. The Balaban J connectivity index is 1.54. The summed E-state index contributed by atoms with van der Waals surface area (Å²) in [4.78, 5) is 15.0. The maximum Gasteiger partial charge on any atom is 0.244 e. The zero-order chi connectivity index (χ0) is 17.4. The molecule has 0 radical (unpaired) electrons. The van der Waals surface area contributed by atoms with Crippen molar-refractivity contribution in [1.29, 1.82) is 0 Å². The molecule has 132 valence electrons. The van der Waals surface area contributed by atoms with Crippen molar-refractivity contribution in [3.05, 3.63) is 53.9 Å². The summed E-state index contributed by atoms with van der Waals surface area (Å²) in [6, 6.07) is 12.6. The minimum absolute atomic E-state index is 0.124. The van der Waals surface area contributed by atoms with Gasteiger partial charge in [0.15, 0.2) is 0 Å². The number of hydrogen-bond donors (Lipinski definition) is 1. The molecule has 2 bridgehead atoms. The van der Waals surface area contributed by atoms with Crippen molar-refractivity contribution >= 4 is 5.91 Å². The van der Waals surface area contributed by atoms with Crippen LogP contribution in [0, 0.1) is 12.3 Å². The minimum atomic E-state index is -0.208. The number of amides is 1. The second-order valence-electron chi connectivity index (χ2n) is 7.59. The Labute approximate surface area is 148 Å². The summed E-state index contributed by atoms with van der Waals surface area (Å²) in [5, 5.41) is 14.6. The molecule has 4 rings (SSSR count). The van der Waals surface area contributed by atoms with Crippen molar-refractivity contribution in [1.82, 2.24) is 14.7 Å². The molecule has 2 aliphatic heterocycles. The molecule has 1 aromatic carbocycles. The SMILES string of the molecule is Cc1ccn(CC(=O)N2[C@H]3CC[C@@H]2[C@@](CO)(Cc2ccccc2)C3)n1. The average molecular weight is 339 g/mol. The Morgan fingerprint density at radius 2 is 2.08 bits per heavy atom. The molecule has 2 fully saturated rings. The van der Waals surface area contributed by atoms with Gasteiger partial charge in [-0.1, -0.05) is 30.3 Å². The van der Waals surface area contributed by atoms with Crippen molar-refractivity contribution in [3.8, 4) is 0 Å². The van der Waals surface area contributed by atoms with E-state index in [2.05, 4.69) is 22.1 Å². The average Bonchev–Trinajstić information content (AvgIpc) is 3.29. The molecule has 3 atom stereocenters. The van der Waals surface area contributed by atoms with Crippen molar-refractivity contribution in [2.24, 2.45) is 5.41 Å². The number of aliphatic hydroxyl groups excluding tert-OH is 1. The smallest absolute Gasteiger partial charge is 0.244 e. The standard InChI is InChI=1S/C20H25N3O2/c1-15-9-10-22(21-15)13-19(25)23-17-7-8-18(23)20(12-17,14-24)11-16-5-3-2-4-6-16/h2-6,9-10,17-18,24H,7-8,11-14H2,1H3/t17-,18+,20-/m0/s1. The van der Waals surface area contributed by atoms with Gasteiger partial charge in [-0.3, -0.25) is 9.48 Å². The van der Waals surface area contributed by atoms with Crippen molar-refractivity contribution < 1.29 is 9.90 Å². The number of rotatable bonds is 5. The lowest BCUT2D eigenvalue weighted by atomic mass is 9.70. The van der Waals surface area contributed by atoms with E-state index >= 15 is 0 Å². The molecule has 0 saturated carbocycles. The summed E-state index contributed by atoms with van der Waals surface area (Å²) in [7, 11) is 0. The number of carbonyl (C=O) groups is 1. The topological polar surface area (TPSA) is 58.4 Å². The van der Waals surface area contributed by atoms with Crippen LogP contribution in [0.1, 0.15) is 30.5 Å². The third-order valence-corrected chi connectivity index (χ3v) is 5.92. The Bertz CT molecular complexity index is 757. The highest BCUT2D eigenvalue weighted by atomic mass is 16.3. The summed E-state index contributed by atoms with van der Waals surface area (Å²) in [5.74, 6) is 0.124. The fraction of sp³-hybridized carbons (Fsp3) is 0.500. The van der Waals surface area contributed by atoms with E-state index in [9.17, 15) is 9.90 Å². The van der Waals surface area contributed by atoms with E-state index in [1.165, 1.54) is 5.56 Å². The van der Waals surface area contributed by atoms with Crippen molar-refractivity contribution in [2.75, 3.05) is 6.61 Å². The molecule has 5 heteroatoms. The van der Waals surface area contributed by atoms with Gasteiger partial charge in [0.1, 0.15) is 6.54 Å². The number of carbonyl (C=O) groups excluding carboxylic acids is 1. The maximum absolute atomic E-state index is 12.9. The second kappa shape index (κ2) is 6.30. The third-order valence-electron chi connectivity index (χ3n) is 5.92. The summed E-state index contributed by atoms with van der Waals surface area (Å²) in [5.41, 5.74) is 1.95. The number of nitrogens with zero attached hydrogens (tertiary/aromatic N) is 3. The number of fused-ring (bicyclic) bond motifs is 2. The summed E-state index contributed by atoms with van der Waals surface area (Å²) in [6.07, 6.45) is 5.62. The van der Waals surface area contributed by atoms with E-state index < -0.39 is 0 Å². The minimum Gasteiger partial charge on any atom is -0.396 e. The van der Waals surface area contributed by atoms with E-state index in [0.717, 1.165) is 31.4 Å². The highest BCUT2D eigenvalue weighted by Crippen LogP contribution is 2.51. The van der Waals surface area contributed by atoms with Gasteiger partial charge in [-0.15, -0.1) is 0 Å². The number of hydrogen-bond acceptors (Lipinski definition) is 3. The molecule has 2 aromatic rings. The molecule has 2 saturated heterocycles. The van der Waals surface area contributed by atoms with Gasteiger partial charge in [0.05, 0.1) is 12.3 Å². The molecule has 0 spiro atoms. The molecule has 2 aliphatic rings. The molecule has 3 heterocycles. The predicted octanol–water partition coefficient (Wildman–Crippen LogP) is 2.18. The lowest BCUT2D eigenvalue weighted by molar-refractivity contribution is -0.134. The van der Waals surface area contributed by atoms with E-state index in [0.29, 0.717) is 0 Å². The highest BCUT2D eigenvalue weighted by Gasteiger charge is 2.56. The van der Waals surface area contributed by atoms with Crippen LogP contribution in [0.15, 0.2) is 42.6 Å². The van der Waals surface area contributed by atoms with E-state index in [1.807, 2.05) is 37.4 Å². The molecular weight excluding hydrogens is 314 g/mol. The Hall–Kier alpha value is -2.14. The van der Waals surface area contributed by atoms with Crippen LogP contribution < -0.4 is 0 Å². The first kappa shape index (κ1) is 16.3. The number of aromatic nitrogens is 2. The van der Waals surface area contributed by atoms with Gasteiger partial charge in [-0.2, -0.15) is 5.10 Å². The number of aryl methyl sites for hydroxylation is 1. The monoisotopic (exact) mass is 339 g/mol. The predicted molar refractivity (Wildman–Crippen MR) is 94.9 cm³/mol. The third kappa shape index (κ3) is 2.86. The zero-order valence-electron chi connectivity index (χ0n) is 14.6. The summed E-state index contributed by atoms with van der Waals surface area (Å²) >= 11 is 0. The van der Waals surface area contributed by atoms with Gasteiger partial charge in [0, 0.05) is 23.7 Å². The van der Waals surface area contributed by atoms with Crippen molar-refractivity contribution in [3.63, 3.8) is 0 Å². The maximum atomic E-state index is 12.9. The molecule has 1 amide bonds. The normalized spacial score (nSPS) is 27.8. The Kier molecular flexibility index (Phi) is 4.12. The first-order valence-corrected chi connectivity index (χ1v) is 9.07. The van der Waals surface area contributed by atoms with E-state index in [4.69, 9.17) is 0 Å². The van der Waals surface area contributed by atoms with Gasteiger partial charge in [-0.05, 0) is 44.2 Å². The van der Waals surface area contributed by atoms with Crippen molar-refractivity contribution in [2.45, 2.75) is 51.2 Å². The van der Waals surface area contributed by atoms with Crippen LogP contribution in [0.25, 0.3) is 0 Å². The van der Waals surface area contributed by atoms with Gasteiger partial charge in [0.2, 0.25) is 5.91 Å². The fourth-order valence-corrected chi connectivity index (χ4v) is 4.86. The van der Waals surface area contributed by atoms with Crippen LogP contribution in [0.2, 0.25) is 0 Å². The lowest BCUT2D eigenvalue weighted by Gasteiger charge is -2.36. The van der Waals surface area contributed by atoms with Gasteiger partial charge < -0.3 is 10.0 Å². The van der Waals surface area contributed by atoms with Crippen LogP contribution in [0.3, 0.4) is 0 Å². The lowest BCUT2D eigenvalue weighted by Crippen LogP contribution is -2.44. The second-order valence-corrected chi connectivity index (χ2v) is 7.59. The highest BCUT2D eigenvalue weighted by molar-refractivity contribution is 5.77. The number of aliphatic hydroxyl groups is 1. The molecule has 1 N–H and O–H groups in total. The van der Waals surface area contributed by atoms with Crippen LogP contribution in [0.5, 0.6) is 0 Å². The van der Waals surface area contributed by atoms with E-state index in [-0.39, 0.29) is 36.6 Å². The Morgan fingerprint density at radius 3 is 2.76 bits per heavy atom. The van der Waals surface area contributed by atoms with Gasteiger partial charge >= 0.3 is 0 Å². The van der Waals surface area contributed by atoms with Crippen LogP contribution in [-0.2, 0) is 17.8 Å². The van der Waals surface area contributed by atoms with Crippen LogP contribution in [0.4, 0.5) is 0 Å². The molecule has 5 nitrogen and oxygen atoms in total. The van der Waals surface area contributed by atoms with Crippen LogP contribution in [-0.4, -0.2) is 44.4 Å². The zero-order valence-corrected chi connectivity index (χ0v) is 14.6. The quantitative estimate of drug-likeness (QED) is 0.908. The van der Waals surface area contributed by atoms with Gasteiger partial charge in [0.25, 0.3) is 0 Å². The summed E-state index contributed by atoms with van der Waals surface area (Å²) in [6.45, 7) is 2.35. The Morgan fingerprint density at radius 1 is 1.28 bits per heavy atom. The van der Waals surface area contributed by atoms with E-state index in [1.54, 1.807) is 4.68 Å². The molecule has 0 aliphatic carbocycles. The number of benzene rings is 1. The first-order chi connectivity index (χ1) is 12.1. The summed E-state index contributed by atoms with van der Waals surface area (Å²) < 4.78 is 1.72. The van der Waals surface area contributed by atoms with Gasteiger partial charge in [-0.25, -0.2) is 0 Å². The first-order valence-electron chi connectivity index (χ1n) is 9.07. The molecule has 25 heavy (non-hydrogen) atoms.